The highest BCUT2D eigenvalue weighted by atomic mass is 16.1. The fourth-order valence-corrected chi connectivity index (χ4v) is 2.46. The van der Waals surface area contributed by atoms with Crippen molar-refractivity contribution in [1.82, 2.24) is 10.2 Å². The quantitative estimate of drug-likeness (QED) is 0.754. The first-order valence-corrected chi connectivity index (χ1v) is 6.63. The molecule has 0 aliphatic heterocycles. The number of carbonyl (C=O) groups is 1. The second-order valence-corrected chi connectivity index (χ2v) is 4.89. The predicted molar refractivity (Wildman–Crippen MR) is 70.2 cm³/mol. The highest BCUT2D eigenvalue weighted by Crippen LogP contribution is 2.28. The van der Waals surface area contributed by atoms with Crippen molar-refractivity contribution in [3.63, 3.8) is 0 Å². The molecule has 98 valence electrons. The van der Waals surface area contributed by atoms with Gasteiger partial charge in [0.15, 0.2) is 5.69 Å². The van der Waals surface area contributed by atoms with Gasteiger partial charge < -0.3 is 11.1 Å². The lowest BCUT2D eigenvalue weighted by atomic mass is 10.0. The van der Waals surface area contributed by atoms with Crippen LogP contribution in [0.15, 0.2) is 12.1 Å². The Hall–Kier alpha value is -1.65. The summed E-state index contributed by atoms with van der Waals surface area (Å²) >= 11 is 0. The van der Waals surface area contributed by atoms with Crippen LogP contribution in [0.2, 0.25) is 0 Å². The molecule has 1 aliphatic rings. The van der Waals surface area contributed by atoms with E-state index in [1.54, 1.807) is 12.1 Å². The maximum Gasteiger partial charge on any atom is 0.269 e. The van der Waals surface area contributed by atoms with Crippen LogP contribution in [0.4, 0.5) is 5.82 Å². The predicted octanol–water partition coefficient (Wildman–Crippen LogP) is 1.96. The molecule has 0 aromatic carbocycles. The normalized spacial score (nSPS) is 15.8. The SMILES string of the molecule is NC(=O)c1ccc(NCCCC2CCCC2)nn1. The Morgan fingerprint density at radius 2 is 2.11 bits per heavy atom. The van der Waals surface area contributed by atoms with E-state index in [0.29, 0.717) is 5.82 Å². The fraction of sp³-hybridized carbons (Fsp3) is 0.615. The van der Waals surface area contributed by atoms with Gasteiger partial charge in [-0.25, -0.2) is 0 Å². The molecule has 18 heavy (non-hydrogen) atoms. The van der Waals surface area contributed by atoms with Gasteiger partial charge in [0.05, 0.1) is 0 Å². The van der Waals surface area contributed by atoms with Crippen LogP contribution in [-0.4, -0.2) is 22.6 Å². The molecule has 1 aliphatic carbocycles. The number of aromatic nitrogens is 2. The van der Waals surface area contributed by atoms with Gasteiger partial charge in [0, 0.05) is 6.54 Å². The first-order chi connectivity index (χ1) is 8.75. The summed E-state index contributed by atoms with van der Waals surface area (Å²) in [4.78, 5) is 10.8. The van der Waals surface area contributed by atoms with Gasteiger partial charge in [0.2, 0.25) is 0 Å². The second-order valence-electron chi connectivity index (χ2n) is 4.89. The van der Waals surface area contributed by atoms with Gasteiger partial charge in [-0.05, 0) is 30.9 Å². The summed E-state index contributed by atoms with van der Waals surface area (Å²) in [5.41, 5.74) is 5.29. The molecule has 0 saturated heterocycles. The summed E-state index contributed by atoms with van der Waals surface area (Å²) in [6, 6.07) is 3.33. The zero-order chi connectivity index (χ0) is 12.8. The van der Waals surface area contributed by atoms with Crippen molar-refractivity contribution in [3.05, 3.63) is 17.8 Å². The van der Waals surface area contributed by atoms with Crippen LogP contribution in [-0.2, 0) is 0 Å². The van der Waals surface area contributed by atoms with E-state index in [-0.39, 0.29) is 5.69 Å². The van der Waals surface area contributed by atoms with E-state index in [9.17, 15) is 4.79 Å². The summed E-state index contributed by atoms with van der Waals surface area (Å²) in [7, 11) is 0. The zero-order valence-electron chi connectivity index (χ0n) is 10.6. The van der Waals surface area contributed by atoms with Crippen molar-refractivity contribution in [1.29, 1.82) is 0 Å². The van der Waals surface area contributed by atoms with Crippen LogP contribution < -0.4 is 11.1 Å². The van der Waals surface area contributed by atoms with Gasteiger partial charge >= 0.3 is 0 Å². The van der Waals surface area contributed by atoms with Crippen LogP contribution in [0, 0.1) is 5.92 Å². The summed E-state index contributed by atoms with van der Waals surface area (Å²) in [6.45, 7) is 0.904. The zero-order valence-corrected chi connectivity index (χ0v) is 10.6. The molecule has 3 N–H and O–H groups in total. The molecule has 0 bridgehead atoms. The number of hydrogen-bond acceptors (Lipinski definition) is 4. The van der Waals surface area contributed by atoms with Gasteiger partial charge in [-0.3, -0.25) is 4.79 Å². The minimum Gasteiger partial charge on any atom is -0.369 e. The average Bonchev–Trinajstić information content (AvgIpc) is 2.88. The van der Waals surface area contributed by atoms with Crippen LogP contribution in [0.1, 0.15) is 49.0 Å². The Morgan fingerprint density at radius 3 is 2.72 bits per heavy atom. The third-order valence-electron chi connectivity index (χ3n) is 3.49. The van der Waals surface area contributed by atoms with Crippen molar-refractivity contribution in [2.24, 2.45) is 11.7 Å². The molecule has 0 unspecified atom stereocenters. The molecule has 5 nitrogen and oxygen atoms in total. The van der Waals surface area contributed by atoms with Crippen molar-refractivity contribution in [2.75, 3.05) is 11.9 Å². The van der Waals surface area contributed by atoms with E-state index >= 15 is 0 Å². The molecule has 0 radical (unpaired) electrons. The Balaban J connectivity index is 1.68. The van der Waals surface area contributed by atoms with Crippen LogP contribution >= 0.6 is 0 Å². The highest BCUT2D eigenvalue weighted by molar-refractivity contribution is 5.90. The standard InChI is InChI=1S/C13H20N4O/c14-13(18)11-7-8-12(17-16-11)15-9-3-6-10-4-1-2-5-10/h7-8,10H,1-6,9H2,(H2,14,18)(H,15,17). The van der Waals surface area contributed by atoms with Gasteiger partial charge in [-0.15, -0.1) is 10.2 Å². The van der Waals surface area contributed by atoms with Crippen molar-refractivity contribution < 1.29 is 4.79 Å². The fourth-order valence-electron chi connectivity index (χ4n) is 2.46. The summed E-state index contributed by atoms with van der Waals surface area (Å²) in [5, 5.41) is 10.9. The van der Waals surface area contributed by atoms with E-state index in [1.165, 1.54) is 32.1 Å². The van der Waals surface area contributed by atoms with Gasteiger partial charge in [-0.1, -0.05) is 25.7 Å². The first kappa shape index (κ1) is 12.8. The summed E-state index contributed by atoms with van der Waals surface area (Å²) < 4.78 is 0. The lowest BCUT2D eigenvalue weighted by Crippen LogP contribution is -2.14. The van der Waals surface area contributed by atoms with Crippen LogP contribution in [0.3, 0.4) is 0 Å². The molecule has 1 aromatic heterocycles. The molecule has 0 atom stereocenters. The van der Waals surface area contributed by atoms with E-state index in [2.05, 4.69) is 15.5 Å². The Morgan fingerprint density at radius 1 is 1.33 bits per heavy atom. The number of nitrogens with zero attached hydrogens (tertiary/aromatic N) is 2. The summed E-state index contributed by atoms with van der Waals surface area (Å²) in [5.74, 6) is 1.08. The molecule has 0 spiro atoms. The second kappa shape index (κ2) is 6.33. The Bertz CT molecular complexity index is 384. The molecule has 1 fully saturated rings. The largest absolute Gasteiger partial charge is 0.369 e. The highest BCUT2D eigenvalue weighted by Gasteiger charge is 2.13. The Kier molecular flexibility index (Phi) is 4.50. The molecule has 5 heteroatoms. The van der Waals surface area contributed by atoms with Crippen molar-refractivity contribution in [3.8, 4) is 0 Å². The monoisotopic (exact) mass is 248 g/mol. The number of hydrogen-bond donors (Lipinski definition) is 2. The summed E-state index contributed by atoms with van der Waals surface area (Å²) in [6.07, 6.45) is 8.04. The molecular weight excluding hydrogens is 228 g/mol. The molecule has 2 rings (SSSR count). The van der Waals surface area contributed by atoms with Crippen molar-refractivity contribution in [2.45, 2.75) is 38.5 Å². The van der Waals surface area contributed by atoms with Crippen LogP contribution in [0.5, 0.6) is 0 Å². The molecule has 1 heterocycles. The van der Waals surface area contributed by atoms with Crippen molar-refractivity contribution >= 4 is 11.7 Å². The smallest absolute Gasteiger partial charge is 0.269 e. The van der Waals surface area contributed by atoms with Crippen LogP contribution in [0.25, 0.3) is 0 Å². The minimum absolute atomic E-state index is 0.200. The number of primary amides is 1. The van der Waals surface area contributed by atoms with E-state index in [4.69, 9.17) is 5.73 Å². The lowest BCUT2D eigenvalue weighted by molar-refractivity contribution is 0.0994. The third kappa shape index (κ3) is 3.68. The topological polar surface area (TPSA) is 80.9 Å². The number of rotatable bonds is 6. The number of carbonyl (C=O) groups excluding carboxylic acids is 1. The molecule has 1 saturated carbocycles. The number of nitrogens with two attached hydrogens (primary N) is 1. The first-order valence-electron chi connectivity index (χ1n) is 6.63. The average molecular weight is 248 g/mol. The number of nitrogens with one attached hydrogen (secondary N) is 1. The van der Waals surface area contributed by atoms with E-state index in [1.807, 2.05) is 0 Å². The third-order valence-corrected chi connectivity index (χ3v) is 3.49. The van der Waals surface area contributed by atoms with E-state index < -0.39 is 5.91 Å². The maximum atomic E-state index is 10.8. The van der Waals surface area contributed by atoms with Gasteiger partial charge in [-0.2, -0.15) is 0 Å². The Labute approximate surface area is 107 Å². The number of anilines is 1. The molecular formula is C13H20N4O. The molecule has 1 amide bonds. The maximum absolute atomic E-state index is 10.8. The number of amides is 1. The minimum atomic E-state index is -0.546. The molecule has 1 aromatic rings. The van der Waals surface area contributed by atoms with Gasteiger partial charge in [0.25, 0.3) is 5.91 Å². The van der Waals surface area contributed by atoms with E-state index in [0.717, 1.165) is 18.9 Å². The van der Waals surface area contributed by atoms with Gasteiger partial charge in [0.1, 0.15) is 5.82 Å². The lowest BCUT2D eigenvalue weighted by Gasteiger charge is -2.09.